The molecule has 2 saturated heterocycles. The van der Waals surface area contributed by atoms with Gasteiger partial charge in [0.15, 0.2) is 6.10 Å². The number of aliphatic carboxylic acids is 1. The molecule has 2 aliphatic heterocycles. The van der Waals surface area contributed by atoms with E-state index < -0.39 is 24.1 Å². The molecule has 2 heterocycles. The Labute approximate surface area is 211 Å². The normalized spacial score (nSPS) is 20.8. The van der Waals surface area contributed by atoms with Crippen molar-refractivity contribution in [3.8, 4) is 0 Å². The Morgan fingerprint density at radius 2 is 1.78 bits per heavy atom. The number of epoxide rings is 1. The first kappa shape index (κ1) is 26.5. The van der Waals surface area contributed by atoms with Gasteiger partial charge in [-0.2, -0.15) is 0 Å². The van der Waals surface area contributed by atoms with Gasteiger partial charge in [-0.1, -0.05) is 56.3 Å². The summed E-state index contributed by atoms with van der Waals surface area (Å²) >= 11 is 0. The minimum atomic E-state index is -1.42. The van der Waals surface area contributed by atoms with Gasteiger partial charge < -0.3 is 19.5 Å². The number of carbonyl (C=O) groups is 3. The summed E-state index contributed by atoms with van der Waals surface area (Å²) in [6, 6.07) is 9.69. The van der Waals surface area contributed by atoms with Crippen molar-refractivity contribution in [3.05, 3.63) is 42.0 Å². The summed E-state index contributed by atoms with van der Waals surface area (Å²) in [5, 5.41) is 10.9. The molecule has 0 N–H and O–H groups in total. The van der Waals surface area contributed by atoms with Gasteiger partial charge in [0.1, 0.15) is 6.10 Å². The van der Waals surface area contributed by atoms with Gasteiger partial charge in [0.25, 0.3) is 5.91 Å². The third kappa shape index (κ3) is 7.42. The Hall–Kier alpha value is -1.71. The average Bonchev–Trinajstić information content (AvgIpc) is 3.56. The van der Waals surface area contributed by atoms with E-state index in [1.54, 1.807) is 4.90 Å². The first-order chi connectivity index (χ1) is 14.9. The molecule has 8 nitrogen and oxygen atoms in total. The van der Waals surface area contributed by atoms with Crippen molar-refractivity contribution >= 4 is 24.0 Å². The predicted octanol–water partition coefficient (Wildman–Crippen LogP) is -2.17. The Balaban J connectivity index is 0.00000363. The van der Waals surface area contributed by atoms with E-state index in [9.17, 15) is 19.5 Å². The largest absolute Gasteiger partial charge is 1.00 e. The second-order valence-corrected chi connectivity index (χ2v) is 8.35. The number of ether oxygens (including phenoxy) is 1. The molecule has 0 aromatic heterocycles. The SMILES string of the molecule is CC(C)CCN(C(=O)[C@H]1O[C@@H]1C(=O)[O-])C(=O)N1CCN(CC=Cc2ccccc2)CC1.[Na+]. The molecule has 3 amide bonds. The predicted molar refractivity (Wildman–Crippen MR) is 114 cm³/mol. The molecule has 0 saturated carbocycles. The van der Waals surface area contributed by atoms with Gasteiger partial charge in [-0.05, 0) is 17.9 Å². The fraction of sp³-hybridized carbons (Fsp3) is 0.522. The van der Waals surface area contributed by atoms with E-state index in [1.807, 2.05) is 44.2 Å². The Kier molecular flexibility index (Phi) is 10.4. The Bertz CT molecular complexity index is 809. The van der Waals surface area contributed by atoms with Crippen LogP contribution in [0.2, 0.25) is 0 Å². The maximum atomic E-state index is 13.0. The van der Waals surface area contributed by atoms with Gasteiger partial charge in [0, 0.05) is 39.3 Å². The molecular formula is C23H30N3NaO5. The molecule has 3 rings (SSSR count). The number of carbonyl (C=O) groups excluding carboxylic acids is 3. The van der Waals surface area contributed by atoms with Crippen LogP contribution in [0, 0.1) is 5.92 Å². The molecule has 0 radical (unpaired) electrons. The van der Waals surface area contributed by atoms with Crippen LogP contribution in [-0.2, 0) is 14.3 Å². The molecule has 0 spiro atoms. The van der Waals surface area contributed by atoms with E-state index in [-0.39, 0.29) is 42.1 Å². The fourth-order valence-electron chi connectivity index (χ4n) is 3.51. The molecule has 0 aliphatic carbocycles. The van der Waals surface area contributed by atoms with Crippen LogP contribution in [0.5, 0.6) is 0 Å². The molecule has 32 heavy (non-hydrogen) atoms. The van der Waals surface area contributed by atoms with E-state index in [0.29, 0.717) is 38.5 Å². The van der Waals surface area contributed by atoms with Crippen LogP contribution in [0.4, 0.5) is 4.79 Å². The second-order valence-electron chi connectivity index (χ2n) is 8.35. The number of amides is 3. The average molecular weight is 451 g/mol. The van der Waals surface area contributed by atoms with Gasteiger partial charge >= 0.3 is 35.6 Å². The molecule has 2 aliphatic rings. The molecule has 2 fully saturated rings. The van der Waals surface area contributed by atoms with Crippen LogP contribution in [0.25, 0.3) is 6.08 Å². The summed E-state index contributed by atoms with van der Waals surface area (Å²) < 4.78 is 4.92. The number of imide groups is 1. The number of carboxylic acid groups (broad SMARTS) is 1. The summed E-state index contributed by atoms with van der Waals surface area (Å²) in [4.78, 5) is 41.7. The second kappa shape index (κ2) is 12.5. The fourth-order valence-corrected chi connectivity index (χ4v) is 3.51. The summed E-state index contributed by atoms with van der Waals surface area (Å²) in [6.07, 6.45) is 2.45. The van der Waals surface area contributed by atoms with Crippen molar-refractivity contribution in [1.82, 2.24) is 14.7 Å². The molecular weight excluding hydrogens is 421 g/mol. The number of urea groups is 1. The van der Waals surface area contributed by atoms with Crippen molar-refractivity contribution in [3.63, 3.8) is 0 Å². The van der Waals surface area contributed by atoms with Crippen LogP contribution in [0.1, 0.15) is 25.8 Å². The van der Waals surface area contributed by atoms with Crippen LogP contribution in [0.15, 0.2) is 36.4 Å². The molecule has 1 aromatic carbocycles. The number of benzene rings is 1. The van der Waals surface area contributed by atoms with Crippen molar-refractivity contribution in [2.45, 2.75) is 32.5 Å². The van der Waals surface area contributed by atoms with Crippen molar-refractivity contribution in [2.24, 2.45) is 5.92 Å². The number of rotatable bonds is 8. The third-order valence-electron chi connectivity index (χ3n) is 5.51. The zero-order valence-corrected chi connectivity index (χ0v) is 21.1. The van der Waals surface area contributed by atoms with Crippen LogP contribution in [0.3, 0.4) is 0 Å². The summed E-state index contributed by atoms with van der Waals surface area (Å²) in [5.74, 6) is -1.71. The van der Waals surface area contributed by atoms with Crippen molar-refractivity contribution in [2.75, 3.05) is 39.3 Å². The van der Waals surface area contributed by atoms with Crippen LogP contribution in [-0.4, -0.2) is 84.1 Å². The van der Waals surface area contributed by atoms with E-state index >= 15 is 0 Å². The summed E-state index contributed by atoms with van der Waals surface area (Å²) in [5.41, 5.74) is 1.15. The first-order valence-corrected chi connectivity index (χ1v) is 10.8. The van der Waals surface area contributed by atoms with E-state index in [4.69, 9.17) is 4.74 Å². The quantitative estimate of drug-likeness (QED) is 0.330. The van der Waals surface area contributed by atoms with Gasteiger partial charge in [-0.25, -0.2) is 4.79 Å². The summed E-state index contributed by atoms with van der Waals surface area (Å²) in [6.45, 7) is 7.49. The zero-order valence-electron chi connectivity index (χ0n) is 19.1. The number of carboxylic acids is 1. The molecule has 1 aromatic rings. The van der Waals surface area contributed by atoms with Crippen molar-refractivity contribution in [1.29, 1.82) is 0 Å². The molecule has 168 valence electrons. The smallest absolute Gasteiger partial charge is 0.547 e. The number of hydrogen-bond donors (Lipinski definition) is 0. The Morgan fingerprint density at radius 3 is 2.34 bits per heavy atom. The van der Waals surface area contributed by atoms with E-state index in [2.05, 4.69) is 17.1 Å². The molecule has 9 heteroatoms. The van der Waals surface area contributed by atoms with E-state index in [0.717, 1.165) is 17.0 Å². The van der Waals surface area contributed by atoms with Crippen molar-refractivity contribution < 1.29 is 53.8 Å². The Morgan fingerprint density at radius 1 is 1.12 bits per heavy atom. The number of nitrogens with zero attached hydrogens (tertiary/aromatic N) is 3. The number of hydrogen-bond acceptors (Lipinski definition) is 6. The molecule has 0 unspecified atom stereocenters. The minimum Gasteiger partial charge on any atom is -0.547 e. The van der Waals surface area contributed by atoms with Gasteiger partial charge in [-0.3, -0.25) is 14.6 Å². The van der Waals surface area contributed by atoms with Gasteiger partial charge in [0.05, 0.1) is 5.97 Å². The monoisotopic (exact) mass is 451 g/mol. The van der Waals surface area contributed by atoms with Gasteiger partial charge in [-0.15, -0.1) is 0 Å². The number of piperazine rings is 1. The first-order valence-electron chi connectivity index (χ1n) is 10.8. The van der Waals surface area contributed by atoms with Gasteiger partial charge in [0.2, 0.25) is 0 Å². The zero-order chi connectivity index (χ0) is 22.4. The third-order valence-corrected chi connectivity index (χ3v) is 5.51. The van der Waals surface area contributed by atoms with E-state index in [1.165, 1.54) is 0 Å². The maximum absolute atomic E-state index is 13.0. The molecule has 2 atom stereocenters. The van der Waals surface area contributed by atoms with Crippen LogP contribution >= 0.6 is 0 Å². The topological polar surface area (TPSA) is 96.5 Å². The summed E-state index contributed by atoms with van der Waals surface area (Å²) in [7, 11) is 0. The standard InChI is InChI=1S/C23H31N3O5.Na/c1-17(2)10-12-26(21(27)19-20(31-19)22(28)29)23(30)25-15-13-24(14-16-25)11-6-9-18-7-4-3-5-8-18;/h3-9,17,19-20H,10-16H2,1-2H3,(H,28,29);/q;+1/p-1/t19-,20-;/m0./s1. The molecule has 0 bridgehead atoms. The van der Waals surface area contributed by atoms with Crippen LogP contribution < -0.4 is 34.7 Å². The minimum absolute atomic E-state index is 0. The maximum Gasteiger partial charge on any atom is 1.00 e.